The molecule has 2 atom stereocenters. The van der Waals surface area contributed by atoms with Crippen LogP contribution in [0.2, 0.25) is 0 Å². The van der Waals surface area contributed by atoms with Gasteiger partial charge in [-0.25, -0.2) is 0 Å². The summed E-state index contributed by atoms with van der Waals surface area (Å²) >= 11 is 0. The minimum atomic E-state index is -4.59. The van der Waals surface area contributed by atoms with Crippen molar-refractivity contribution in [1.82, 2.24) is 4.90 Å². The van der Waals surface area contributed by atoms with Gasteiger partial charge < -0.3 is 14.8 Å². The molecule has 1 saturated heterocycles. The van der Waals surface area contributed by atoms with Crippen molar-refractivity contribution in [3.8, 4) is 5.75 Å². The van der Waals surface area contributed by atoms with Crippen LogP contribution in [0.3, 0.4) is 0 Å². The van der Waals surface area contributed by atoms with Gasteiger partial charge in [-0.2, -0.15) is 13.2 Å². The van der Waals surface area contributed by atoms with Crippen molar-refractivity contribution in [1.29, 1.82) is 0 Å². The van der Waals surface area contributed by atoms with Crippen LogP contribution in [-0.4, -0.2) is 49.5 Å². The van der Waals surface area contributed by atoms with Gasteiger partial charge in [-0.15, -0.1) is 0 Å². The second kappa shape index (κ2) is 9.67. The number of ether oxygens (including phenoxy) is 2. The third-order valence-electron chi connectivity index (χ3n) is 5.62. The van der Waals surface area contributed by atoms with E-state index in [9.17, 15) is 27.6 Å². The molecule has 10 heteroatoms. The molecule has 2 aliphatic rings. The van der Waals surface area contributed by atoms with E-state index in [4.69, 9.17) is 9.47 Å². The van der Waals surface area contributed by atoms with E-state index in [1.165, 1.54) is 7.11 Å². The van der Waals surface area contributed by atoms with E-state index in [2.05, 4.69) is 5.32 Å². The quantitative estimate of drug-likeness (QED) is 0.494. The molecule has 0 aromatic heterocycles. The monoisotopic (exact) mass is 442 g/mol. The van der Waals surface area contributed by atoms with E-state index < -0.39 is 17.6 Å². The number of imide groups is 1. The number of hydrogen-bond acceptors (Lipinski definition) is 5. The van der Waals surface area contributed by atoms with E-state index in [1.54, 1.807) is 0 Å². The lowest BCUT2D eigenvalue weighted by Crippen LogP contribution is -2.34. The van der Waals surface area contributed by atoms with E-state index in [-0.39, 0.29) is 61.3 Å². The molecule has 0 bridgehead atoms. The summed E-state index contributed by atoms with van der Waals surface area (Å²) < 4.78 is 49.5. The predicted molar refractivity (Wildman–Crippen MR) is 104 cm³/mol. The van der Waals surface area contributed by atoms with Crippen molar-refractivity contribution < 1.29 is 37.0 Å². The number of carbonyl (C=O) groups is 3. The van der Waals surface area contributed by atoms with Crippen molar-refractivity contribution >= 4 is 23.4 Å². The maximum Gasteiger partial charge on any atom is 0.416 e. The number of benzene rings is 1. The number of likely N-dealkylation sites (tertiary alicyclic amines) is 1. The maximum atomic E-state index is 13.1. The maximum absolute atomic E-state index is 13.1. The fraction of sp³-hybridized carbons (Fsp3) is 0.571. The van der Waals surface area contributed by atoms with Crippen LogP contribution in [0, 0.1) is 11.8 Å². The highest BCUT2D eigenvalue weighted by Crippen LogP contribution is 2.38. The van der Waals surface area contributed by atoms with Crippen LogP contribution in [-0.2, 0) is 25.3 Å². The Labute approximate surface area is 177 Å². The summed E-state index contributed by atoms with van der Waals surface area (Å²) in [6.07, 6.45) is -1.67. The fourth-order valence-electron chi connectivity index (χ4n) is 4.04. The van der Waals surface area contributed by atoms with Crippen molar-refractivity contribution in [3.63, 3.8) is 0 Å². The largest absolute Gasteiger partial charge is 0.489 e. The van der Waals surface area contributed by atoms with E-state index in [0.717, 1.165) is 35.9 Å². The van der Waals surface area contributed by atoms with Gasteiger partial charge in [-0.3, -0.25) is 19.3 Å². The average molecular weight is 442 g/mol. The highest BCUT2D eigenvalue weighted by Gasteiger charge is 2.47. The van der Waals surface area contributed by atoms with Gasteiger partial charge in [0.15, 0.2) is 0 Å². The fourth-order valence-corrected chi connectivity index (χ4v) is 4.04. The lowest BCUT2D eigenvalue weighted by atomic mass is 9.81. The number of methoxy groups -OCH3 is 1. The van der Waals surface area contributed by atoms with Crippen LogP contribution in [0.5, 0.6) is 5.75 Å². The molecule has 3 amide bonds. The van der Waals surface area contributed by atoms with Crippen LogP contribution in [0.25, 0.3) is 0 Å². The number of nitrogens with one attached hydrogen (secondary N) is 1. The van der Waals surface area contributed by atoms with E-state index >= 15 is 0 Å². The summed E-state index contributed by atoms with van der Waals surface area (Å²) in [5.74, 6) is -1.69. The molecule has 1 aliphatic heterocycles. The second-order valence-electron chi connectivity index (χ2n) is 7.67. The standard InChI is InChI=1S/C21H25F3N2O5/c1-30-10-11-31-17-7-6-13(21(22,23)24)12-16(17)25-18(27)8-9-26-19(28)14-4-2-3-5-15(14)20(26)29/h6-7,12,14-15H,2-5,8-11H2,1H3,(H,25,27)/t14-,15+. The third kappa shape index (κ3) is 5.36. The minimum Gasteiger partial charge on any atom is -0.489 e. The van der Waals surface area contributed by atoms with Crippen LogP contribution in [0.4, 0.5) is 18.9 Å². The Bertz CT molecular complexity index is 819. The first-order valence-corrected chi connectivity index (χ1v) is 10.2. The SMILES string of the molecule is COCCOc1ccc(C(F)(F)F)cc1NC(=O)CCN1C(=O)[C@H]2CCCC[C@H]2C1=O. The zero-order valence-electron chi connectivity index (χ0n) is 17.2. The van der Waals surface area contributed by atoms with Crippen LogP contribution in [0.1, 0.15) is 37.7 Å². The Morgan fingerprint density at radius 1 is 1.13 bits per heavy atom. The molecule has 1 heterocycles. The molecule has 0 radical (unpaired) electrons. The summed E-state index contributed by atoms with van der Waals surface area (Å²) in [5.41, 5.74) is -1.07. The van der Waals surface area contributed by atoms with Crippen LogP contribution >= 0.6 is 0 Å². The molecule has 1 aliphatic carbocycles. The van der Waals surface area contributed by atoms with Gasteiger partial charge in [-0.05, 0) is 31.0 Å². The molecule has 1 N–H and O–H groups in total. The Morgan fingerprint density at radius 3 is 2.35 bits per heavy atom. The summed E-state index contributed by atoms with van der Waals surface area (Å²) in [6, 6.07) is 2.79. The van der Waals surface area contributed by atoms with Crippen LogP contribution in [0.15, 0.2) is 18.2 Å². The topological polar surface area (TPSA) is 84.9 Å². The third-order valence-corrected chi connectivity index (χ3v) is 5.62. The summed E-state index contributed by atoms with van der Waals surface area (Å²) in [5, 5.41) is 2.41. The molecule has 0 unspecified atom stereocenters. The Balaban J connectivity index is 1.66. The van der Waals surface area contributed by atoms with E-state index in [1.807, 2.05) is 0 Å². The summed E-state index contributed by atoms with van der Waals surface area (Å²) in [7, 11) is 1.45. The highest BCUT2D eigenvalue weighted by atomic mass is 19.4. The Hall–Kier alpha value is -2.62. The number of rotatable bonds is 8. The Kier molecular flexibility index (Phi) is 7.19. The molecule has 2 fully saturated rings. The number of amides is 3. The summed E-state index contributed by atoms with van der Waals surface area (Å²) in [6.45, 7) is 0.204. The van der Waals surface area contributed by atoms with Gasteiger partial charge in [-0.1, -0.05) is 12.8 Å². The first-order chi connectivity index (χ1) is 14.7. The molecular weight excluding hydrogens is 417 g/mol. The molecule has 0 spiro atoms. The number of hydrogen-bond donors (Lipinski definition) is 1. The lowest BCUT2D eigenvalue weighted by molar-refractivity contribution is -0.140. The zero-order valence-corrected chi connectivity index (χ0v) is 17.2. The molecule has 1 saturated carbocycles. The van der Waals surface area contributed by atoms with Crippen molar-refractivity contribution in [3.05, 3.63) is 23.8 Å². The van der Waals surface area contributed by atoms with Gasteiger partial charge in [0, 0.05) is 20.1 Å². The first kappa shape index (κ1) is 23.1. The van der Waals surface area contributed by atoms with Gasteiger partial charge in [0.05, 0.1) is 29.7 Å². The summed E-state index contributed by atoms with van der Waals surface area (Å²) in [4.78, 5) is 38.5. The molecule has 170 valence electrons. The van der Waals surface area contributed by atoms with Gasteiger partial charge in [0.25, 0.3) is 0 Å². The molecule has 1 aromatic carbocycles. The van der Waals surface area contributed by atoms with Crippen LogP contribution < -0.4 is 10.1 Å². The number of halogens is 3. The molecule has 1 aromatic rings. The highest BCUT2D eigenvalue weighted by molar-refractivity contribution is 6.05. The first-order valence-electron chi connectivity index (χ1n) is 10.2. The number of carbonyl (C=O) groups excluding carboxylic acids is 3. The normalized spacial score (nSPS) is 21.2. The van der Waals surface area contributed by atoms with Crippen molar-refractivity contribution in [2.45, 2.75) is 38.3 Å². The second-order valence-corrected chi connectivity index (χ2v) is 7.67. The van der Waals surface area contributed by atoms with Gasteiger partial charge in [0.1, 0.15) is 12.4 Å². The lowest BCUT2D eigenvalue weighted by Gasteiger charge is -2.19. The van der Waals surface area contributed by atoms with Crippen molar-refractivity contribution in [2.24, 2.45) is 11.8 Å². The van der Waals surface area contributed by atoms with Crippen molar-refractivity contribution in [2.75, 3.05) is 32.2 Å². The zero-order chi connectivity index (χ0) is 22.6. The van der Waals surface area contributed by atoms with Gasteiger partial charge >= 0.3 is 6.18 Å². The Morgan fingerprint density at radius 2 is 1.77 bits per heavy atom. The average Bonchev–Trinajstić information content (AvgIpc) is 2.97. The smallest absolute Gasteiger partial charge is 0.416 e. The van der Waals surface area contributed by atoms with E-state index in [0.29, 0.717) is 12.8 Å². The molecule has 31 heavy (non-hydrogen) atoms. The molecular formula is C21H25F3N2O5. The predicted octanol–water partition coefficient (Wildman–Crippen LogP) is 3.23. The number of alkyl halides is 3. The molecule has 7 nitrogen and oxygen atoms in total. The minimum absolute atomic E-state index is 0.0674. The molecule has 3 rings (SSSR count). The number of nitrogens with zero attached hydrogens (tertiary/aromatic N) is 1. The number of anilines is 1. The number of fused-ring (bicyclic) bond motifs is 1. The van der Waals surface area contributed by atoms with Gasteiger partial charge in [0.2, 0.25) is 17.7 Å².